The fraction of sp³-hybridized carbons (Fsp3) is 0.290. The molecule has 0 aromatic heterocycles. The van der Waals surface area contributed by atoms with Gasteiger partial charge in [0.15, 0.2) is 5.78 Å². The molecule has 0 saturated heterocycles. The summed E-state index contributed by atoms with van der Waals surface area (Å²) in [6.07, 6.45) is -0.0914. The second-order valence-corrected chi connectivity index (χ2v) is 10.6. The minimum atomic E-state index is -1.19. The van der Waals surface area contributed by atoms with Gasteiger partial charge in [-0.05, 0) is 30.0 Å². The number of Topliss-reactive ketones (excluding diaryl/α,β-unsaturated/α-hetero) is 2. The molecule has 3 aromatic rings. The number of thioether (sulfide) groups is 1. The normalized spacial score (nSPS) is 12.8. The number of carboxylic acid groups (broad SMARTS) is 1. The van der Waals surface area contributed by atoms with Gasteiger partial charge < -0.3 is 21.0 Å². The Hall–Kier alpha value is -3.75. The first-order valence-corrected chi connectivity index (χ1v) is 13.8. The molecule has 0 fully saturated rings. The van der Waals surface area contributed by atoms with E-state index in [1.165, 1.54) is 18.7 Å². The van der Waals surface area contributed by atoms with E-state index in [2.05, 4.69) is 5.32 Å². The zero-order chi connectivity index (χ0) is 28.3. The van der Waals surface area contributed by atoms with Crippen molar-refractivity contribution in [1.82, 2.24) is 5.32 Å². The Morgan fingerprint density at radius 1 is 0.795 bits per heavy atom. The second kappa shape index (κ2) is 14.4. The molecular formula is C31H34N2O5S. The predicted octanol–water partition coefficient (Wildman–Crippen LogP) is 4.33. The summed E-state index contributed by atoms with van der Waals surface area (Å²) in [5.74, 6) is -1.78. The molecule has 39 heavy (non-hydrogen) atoms. The molecule has 0 spiro atoms. The van der Waals surface area contributed by atoms with Crippen LogP contribution in [0.1, 0.15) is 49.3 Å². The second-order valence-electron chi connectivity index (χ2n) is 9.36. The molecule has 0 aliphatic heterocycles. The van der Waals surface area contributed by atoms with Crippen LogP contribution in [0, 0.1) is 0 Å². The smallest absolute Gasteiger partial charge is 0.320 e. The Morgan fingerprint density at radius 3 is 1.67 bits per heavy atom. The number of amides is 1. The van der Waals surface area contributed by atoms with Gasteiger partial charge in [-0.2, -0.15) is 0 Å². The molecule has 7 nitrogen and oxygen atoms in total. The van der Waals surface area contributed by atoms with Crippen LogP contribution in [0.3, 0.4) is 0 Å². The number of hydrogen-bond acceptors (Lipinski definition) is 6. The van der Waals surface area contributed by atoms with Crippen molar-refractivity contribution in [2.75, 3.05) is 5.75 Å². The van der Waals surface area contributed by atoms with Crippen LogP contribution in [-0.2, 0) is 23.9 Å². The van der Waals surface area contributed by atoms with Crippen LogP contribution in [0.5, 0.6) is 0 Å². The zero-order valence-corrected chi connectivity index (χ0v) is 22.7. The lowest BCUT2D eigenvalue weighted by molar-refractivity contribution is -0.138. The summed E-state index contributed by atoms with van der Waals surface area (Å²) in [6.45, 7) is 1.42. The quantitative estimate of drug-likeness (QED) is 0.242. The minimum Gasteiger partial charge on any atom is -0.480 e. The van der Waals surface area contributed by atoms with Gasteiger partial charge in [-0.15, -0.1) is 11.8 Å². The first-order chi connectivity index (χ1) is 18.7. The summed E-state index contributed by atoms with van der Waals surface area (Å²) in [5, 5.41) is 11.8. The first kappa shape index (κ1) is 29.8. The van der Waals surface area contributed by atoms with E-state index in [4.69, 9.17) is 10.8 Å². The number of benzene rings is 3. The monoisotopic (exact) mass is 546 g/mol. The van der Waals surface area contributed by atoms with Crippen molar-refractivity contribution in [2.24, 2.45) is 5.73 Å². The number of hydrogen-bond donors (Lipinski definition) is 3. The predicted molar refractivity (Wildman–Crippen MR) is 153 cm³/mol. The highest BCUT2D eigenvalue weighted by Crippen LogP contribution is 2.48. The maximum absolute atomic E-state index is 13.3. The Bertz CT molecular complexity index is 1160. The largest absolute Gasteiger partial charge is 0.480 e. The number of carbonyl (C=O) groups is 4. The lowest BCUT2D eigenvalue weighted by atomic mass is 9.84. The number of ketones is 2. The van der Waals surface area contributed by atoms with Crippen LogP contribution in [0.2, 0.25) is 0 Å². The van der Waals surface area contributed by atoms with Crippen LogP contribution in [0.4, 0.5) is 0 Å². The van der Waals surface area contributed by atoms with Gasteiger partial charge in [0.1, 0.15) is 11.8 Å². The maximum Gasteiger partial charge on any atom is 0.320 e. The molecule has 8 heteroatoms. The van der Waals surface area contributed by atoms with Gasteiger partial charge in [-0.25, -0.2) is 0 Å². The standard InChI is InChI=1S/C31H34N2O5S/c1-22(34)17-19-28(35)27(33-29(36)20-18-26(32)30(37)38)21-39-31(23-11-5-2-6-12-23,24-13-7-3-8-14-24)25-15-9-4-10-16-25/h2-16,26-27H,17-21,32H2,1H3,(H,33,36)(H,37,38)/t26-,27-/m0/s1. The molecule has 0 aliphatic carbocycles. The maximum atomic E-state index is 13.3. The van der Waals surface area contributed by atoms with Gasteiger partial charge in [0.2, 0.25) is 5.91 Å². The van der Waals surface area contributed by atoms with Crippen molar-refractivity contribution < 1.29 is 24.3 Å². The Balaban J connectivity index is 1.98. The van der Waals surface area contributed by atoms with Crippen molar-refractivity contribution >= 4 is 35.2 Å². The summed E-state index contributed by atoms with van der Waals surface area (Å²) < 4.78 is -0.695. The van der Waals surface area contributed by atoms with Crippen LogP contribution >= 0.6 is 11.8 Å². The zero-order valence-electron chi connectivity index (χ0n) is 21.9. The molecule has 0 bridgehead atoms. The van der Waals surface area contributed by atoms with Crippen LogP contribution < -0.4 is 11.1 Å². The van der Waals surface area contributed by atoms with Crippen molar-refractivity contribution in [3.63, 3.8) is 0 Å². The number of aliphatic carboxylic acids is 1. The molecule has 0 saturated carbocycles. The summed E-state index contributed by atoms with van der Waals surface area (Å²) in [6, 6.07) is 27.9. The number of rotatable bonds is 15. The highest BCUT2D eigenvalue weighted by atomic mass is 32.2. The van der Waals surface area contributed by atoms with Gasteiger partial charge in [0.25, 0.3) is 0 Å². The van der Waals surface area contributed by atoms with Crippen molar-refractivity contribution in [3.05, 3.63) is 108 Å². The molecule has 0 aliphatic rings. The molecule has 0 radical (unpaired) electrons. The molecule has 0 unspecified atom stereocenters. The Kier molecular flexibility index (Phi) is 11.0. The van der Waals surface area contributed by atoms with E-state index in [1.807, 2.05) is 91.0 Å². The third-order valence-corrected chi connectivity index (χ3v) is 8.09. The summed E-state index contributed by atoms with van der Waals surface area (Å²) in [7, 11) is 0. The van der Waals surface area contributed by atoms with Crippen LogP contribution in [0.25, 0.3) is 0 Å². The van der Waals surface area contributed by atoms with Gasteiger partial charge in [-0.1, -0.05) is 91.0 Å². The molecule has 3 rings (SSSR count). The number of nitrogens with two attached hydrogens (primary N) is 1. The number of carboxylic acids is 1. The van der Waals surface area contributed by atoms with E-state index < -0.39 is 28.7 Å². The van der Waals surface area contributed by atoms with E-state index >= 15 is 0 Å². The average molecular weight is 547 g/mol. The third-order valence-electron chi connectivity index (χ3n) is 6.45. The van der Waals surface area contributed by atoms with Crippen molar-refractivity contribution in [3.8, 4) is 0 Å². The fourth-order valence-corrected chi connectivity index (χ4v) is 5.94. The topological polar surface area (TPSA) is 127 Å². The highest BCUT2D eigenvalue weighted by Gasteiger charge is 2.38. The molecule has 4 N–H and O–H groups in total. The Labute approximate surface area is 233 Å². The van der Waals surface area contributed by atoms with Gasteiger partial charge in [0.05, 0.1) is 10.8 Å². The molecule has 3 aromatic carbocycles. The lowest BCUT2D eigenvalue weighted by Gasteiger charge is -2.36. The van der Waals surface area contributed by atoms with E-state index in [-0.39, 0.29) is 43.0 Å². The molecule has 1 amide bonds. The lowest BCUT2D eigenvalue weighted by Crippen LogP contribution is -2.44. The van der Waals surface area contributed by atoms with E-state index in [1.54, 1.807) is 0 Å². The summed E-state index contributed by atoms with van der Waals surface area (Å²) >= 11 is 1.53. The molecule has 204 valence electrons. The third kappa shape index (κ3) is 8.12. The van der Waals surface area contributed by atoms with E-state index in [0.717, 1.165) is 16.7 Å². The van der Waals surface area contributed by atoms with Crippen molar-refractivity contribution in [2.45, 2.75) is 49.4 Å². The summed E-state index contributed by atoms with van der Waals surface area (Å²) in [5.41, 5.74) is 8.60. The SMILES string of the molecule is CC(=O)CCC(=O)[C@H](CSC(c1ccccc1)(c1ccccc1)c1ccccc1)NC(=O)CC[C@H](N)C(=O)O. The summed E-state index contributed by atoms with van der Waals surface area (Å²) in [4.78, 5) is 48.7. The highest BCUT2D eigenvalue weighted by molar-refractivity contribution is 8.00. The molecule has 2 atom stereocenters. The van der Waals surface area contributed by atoms with Crippen LogP contribution in [-0.4, -0.2) is 46.4 Å². The number of carbonyl (C=O) groups excluding carboxylic acids is 3. The van der Waals surface area contributed by atoms with Crippen molar-refractivity contribution in [1.29, 1.82) is 0 Å². The van der Waals surface area contributed by atoms with Gasteiger partial charge in [-0.3, -0.25) is 14.4 Å². The van der Waals surface area contributed by atoms with Gasteiger partial charge >= 0.3 is 5.97 Å². The number of nitrogens with one attached hydrogen (secondary N) is 1. The first-order valence-electron chi connectivity index (χ1n) is 12.8. The molecular weight excluding hydrogens is 512 g/mol. The van der Waals surface area contributed by atoms with E-state index in [0.29, 0.717) is 0 Å². The fourth-order valence-electron chi connectivity index (χ4n) is 4.34. The van der Waals surface area contributed by atoms with E-state index in [9.17, 15) is 19.2 Å². The molecule has 0 heterocycles. The van der Waals surface area contributed by atoms with Gasteiger partial charge in [0, 0.05) is 25.0 Å². The average Bonchev–Trinajstić information content (AvgIpc) is 2.95. The Morgan fingerprint density at radius 2 is 1.26 bits per heavy atom. The van der Waals surface area contributed by atoms with Crippen LogP contribution in [0.15, 0.2) is 91.0 Å². The minimum absolute atomic E-state index is 0.00446.